The third-order valence-corrected chi connectivity index (χ3v) is 2.70. The SMILES string of the molecule is CCN(CC)Cc1cccc(NC(=O)CN)c1.Cl.Cl. The zero-order valence-electron chi connectivity index (χ0n) is 11.4. The second-order valence-corrected chi connectivity index (χ2v) is 3.91. The average Bonchev–Trinajstić information content (AvgIpc) is 2.36. The molecule has 0 atom stereocenters. The van der Waals surface area contributed by atoms with Gasteiger partial charge in [-0.05, 0) is 30.8 Å². The quantitative estimate of drug-likeness (QED) is 0.847. The van der Waals surface area contributed by atoms with Gasteiger partial charge in [0.05, 0.1) is 6.54 Å². The largest absolute Gasteiger partial charge is 0.325 e. The molecule has 0 spiro atoms. The molecule has 0 saturated carbocycles. The Balaban J connectivity index is 0. The Morgan fingerprint density at radius 2 is 1.89 bits per heavy atom. The molecule has 1 aromatic rings. The van der Waals surface area contributed by atoms with Gasteiger partial charge in [0.15, 0.2) is 0 Å². The minimum absolute atomic E-state index is 0. The molecule has 0 unspecified atom stereocenters. The van der Waals surface area contributed by atoms with Crippen molar-refractivity contribution in [2.75, 3.05) is 25.0 Å². The van der Waals surface area contributed by atoms with E-state index in [1.807, 2.05) is 18.2 Å². The molecule has 0 aliphatic carbocycles. The van der Waals surface area contributed by atoms with Gasteiger partial charge in [0.2, 0.25) is 5.91 Å². The van der Waals surface area contributed by atoms with Crippen molar-refractivity contribution in [1.29, 1.82) is 0 Å². The van der Waals surface area contributed by atoms with Crippen LogP contribution in [0.15, 0.2) is 24.3 Å². The van der Waals surface area contributed by atoms with E-state index in [-0.39, 0.29) is 37.3 Å². The van der Waals surface area contributed by atoms with Gasteiger partial charge in [-0.25, -0.2) is 0 Å². The topological polar surface area (TPSA) is 58.4 Å². The molecule has 0 fully saturated rings. The van der Waals surface area contributed by atoms with E-state index in [0.29, 0.717) is 0 Å². The molecule has 1 amide bonds. The third-order valence-electron chi connectivity index (χ3n) is 2.70. The van der Waals surface area contributed by atoms with Gasteiger partial charge >= 0.3 is 0 Å². The van der Waals surface area contributed by atoms with E-state index in [1.54, 1.807) is 0 Å². The number of nitrogens with zero attached hydrogens (tertiary/aromatic N) is 1. The Labute approximate surface area is 127 Å². The maximum absolute atomic E-state index is 11.2. The lowest BCUT2D eigenvalue weighted by atomic mass is 10.2. The van der Waals surface area contributed by atoms with Gasteiger partial charge in [-0.15, -0.1) is 24.8 Å². The van der Waals surface area contributed by atoms with Gasteiger partial charge in [-0.1, -0.05) is 26.0 Å². The molecule has 6 heteroatoms. The lowest BCUT2D eigenvalue weighted by molar-refractivity contribution is -0.114. The zero-order valence-corrected chi connectivity index (χ0v) is 13.0. The molecule has 0 heterocycles. The third kappa shape index (κ3) is 7.38. The first kappa shape index (κ1) is 20.5. The molecule has 0 aromatic heterocycles. The van der Waals surface area contributed by atoms with Crippen molar-refractivity contribution in [3.63, 3.8) is 0 Å². The fraction of sp³-hybridized carbons (Fsp3) is 0.462. The maximum atomic E-state index is 11.2. The van der Waals surface area contributed by atoms with Crippen molar-refractivity contribution in [2.24, 2.45) is 5.73 Å². The number of anilines is 1. The molecule has 0 bridgehead atoms. The number of hydrogen-bond donors (Lipinski definition) is 2. The Hall–Kier alpha value is -0.810. The lowest BCUT2D eigenvalue weighted by Gasteiger charge is -2.18. The molecule has 0 aliphatic heterocycles. The van der Waals surface area contributed by atoms with E-state index in [9.17, 15) is 4.79 Å². The van der Waals surface area contributed by atoms with Crippen LogP contribution in [0.2, 0.25) is 0 Å². The predicted octanol–water partition coefficient (Wildman–Crippen LogP) is 2.27. The van der Waals surface area contributed by atoms with Crippen LogP contribution < -0.4 is 11.1 Å². The molecular weight excluding hydrogens is 285 g/mol. The molecule has 3 N–H and O–H groups in total. The first-order valence-corrected chi connectivity index (χ1v) is 6.00. The zero-order chi connectivity index (χ0) is 12.7. The Morgan fingerprint density at radius 3 is 2.42 bits per heavy atom. The monoisotopic (exact) mass is 307 g/mol. The second kappa shape index (κ2) is 11.1. The Morgan fingerprint density at radius 1 is 1.26 bits per heavy atom. The molecule has 1 aromatic carbocycles. The van der Waals surface area contributed by atoms with Gasteiger partial charge in [0.1, 0.15) is 0 Å². The van der Waals surface area contributed by atoms with Crippen LogP contribution in [-0.4, -0.2) is 30.4 Å². The van der Waals surface area contributed by atoms with E-state index in [2.05, 4.69) is 30.1 Å². The summed E-state index contributed by atoms with van der Waals surface area (Å²) in [6.07, 6.45) is 0. The number of benzene rings is 1. The molecule has 0 radical (unpaired) electrons. The standard InChI is InChI=1S/C13H21N3O.2ClH/c1-3-16(4-2)10-11-6-5-7-12(8-11)15-13(17)9-14;;/h5-8H,3-4,9-10,14H2,1-2H3,(H,15,17);2*1H. The highest BCUT2D eigenvalue weighted by molar-refractivity contribution is 5.92. The highest BCUT2D eigenvalue weighted by atomic mass is 35.5. The van der Waals surface area contributed by atoms with Crippen LogP contribution in [0.4, 0.5) is 5.69 Å². The number of nitrogens with two attached hydrogens (primary N) is 1. The van der Waals surface area contributed by atoms with Crippen molar-refractivity contribution in [3.8, 4) is 0 Å². The number of rotatable bonds is 6. The number of hydrogen-bond acceptors (Lipinski definition) is 3. The summed E-state index contributed by atoms with van der Waals surface area (Å²) in [5, 5.41) is 2.76. The number of carbonyl (C=O) groups is 1. The normalized spacial score (nSPS) is 9.47. The number of nitrogens with one attached hydrogen (secondary N) is 1. The van der Waals surface area contributed by atoms with Crippen LogP contribution >= 0.6 is 24.8 Å². The maximum Gasteiger partial charge on any atom is 0.238 e. The number of carbonyl (C=O) groups excluding carboxylic acids is 1. The van der Waals surface area contributed by atoms with Crippen LogP contribution in [0.1, 0.15) is 19.4 Å². The van der Waals surface area contributed by atoms with Gasteiger partial charge in [-0.2, -0.15) is 0 Å². The van der Waals surface area contributed by atoms with Gasteiger partial charge in [-0.3, -0.25) is 9.69 Å². The van der Waals surface area contributed by atoms with Gasteiger partial charge in [0.25, 0.3) is 0 Å². The Bertz CT molecular complexity index is 371. The van der Waals surface area contributed by atoms with Crippen LogP contribution in [0.3, 0.4) is 0 Å². The Kier molecular flexibility index (Phi) is 11.9. The van der Waals surface area contributed by atoms with E-state index in [4.69, 9.17) is 5.73 Å². The summed E-state index contributed by atoms with van der Waals surface area (Å²) in [6.45, 7) is 7.25. The molecule has 0 saturated heterocycles. The summed E-state index contributed by atoms with van der Waals surface area (Å²) < 4.78 is 0. The molecule has 0 aliphatic rings. The van der Waals surface area contributed by atoms with E-state index < -0.39 is 0 Å². The van der Waals surface area contributed by atoms with Crippen LogP contribution in [0.25, 0.3) is 0 Å². The highest BCUT2D eigenvalue weighted by Crippen LogP contribution is 2.12. The number of amides is 1. The van der Waals surface area contributed by atoms with E-state index in [1.165, 1.54) is 5.56 Å². The summed E-state index contributed by atoms with van der Waals surface area (Å²) in [5.41, 5.74) is 7.27. The lowest BCUT2D eigenvalue weighted by Crippen LogP contribution is -2.23. The van der Waals surface area contributed by atoms with Crippen molar-refractivity contribution in [2.45, 2.75) is 20.4 Å². The summed E-state index contributed by atoms with van der Waals surface area (Å²) in [4.78, 5) is 13.5. The molecule has 1 rings (SSSR count). The van der Waals surface area contributed by atoms with Crippen LogP contribution in [0, 0.1) is 0 Å². The highest BCUT2D eigenvalue weighted by Gasteiger charge is 2.03. The fourth-order valence-electron chi connectivity index (χ4n) is 1.66. The molecule has 110 valence electrons. The first-order valence-electron chi connectivity index (χ1n) is 6.00. The van der Waals surface area contributed by atoms with Crippen molar-refractivity contribution < 1.29 is 4.79 Å². The fourth-order valence-corrected chi connectivity index (χ4v) is 1.66. The first-order chi connectivity index (χ1) is 8.19. The van der Waals surface area contributed by atoms with Gasteiger partial charge < -0.3 is 11.1 Å². The molecule has 4 nitrogen and oxygen atoms in total. The van der Waals surface area contributed by atoms with Crippen LogP contribution in [0.5, 0.6) is 0 Å². The summed E-state index contributed by atoms with van der Waals surface area (Å²) >= 11 is 0. The summed E-state index contributed by atoms with van der Waals surface area (Å²) in [6, 6.07) is 7.88. The van der Waals surface area contributed by atoms with Crippen molar-refractivity contribution in [1.82, 2.24) is 4.90 Å². The minimum Gasteiger partial charge on any atom is -0.325 e. The molecular formula is C13H23Cl2N3O. The van der Waals surface area contributed by atoms with Crippen molar-refractivity contribution in [3.05, 3.63) is 29.8 Å². The summed E-state index contributed by atoms with van der Waals surface area (Å²) in [7, 11) is 0. The summed E-state index contributed by atoms with van der Waals surface area (Å²) in [5.74, 6) is -0.162. The smallest absolute Gasteiger partial charge is 0.238 e. The number of halogens is 2. The predicted molar refractivity (Wildman–Crippen MR) is 85.2 cm³/mol. The second-order valence-electron chi connectivity index (χ2n) is 3.91. The van der Waals surface area contributed by atoms with E-state index in [0.717, 1.165) is 25.3 Å². The van der Waals surface area contributed by atoms with Crippen molar-refractivity contribution >= 4 is 36.4 Å². The van der Waals surface area contributed by atoms with Crippen LogP contribution in [-0.2, 0) is 11.3 Å². The minimum atomic E-state index is -0.162. The van der Waals surface area contributed by atoms with Gasteiger partial charge in [0, 0.05) is 12.2 Å². The van der Waals surface area contributed by atoms with E-state index >= 15 is 0 Å². The molecule has 19 heavy (non-hydrogen) atoms. The average molecular weight is 308 g/mol.